The Morgan fingerprint density at radius 3 is 2.72 bits per heavy atom. The normalized spacial score (nSPS) is 11.0. The van der Waals surface area contributed by atoms with Crippen molar-refractivity contribution in [2.75, 3.05) is 7.11 Å². The molecule has 0 aliphatic carbocycles. The highest BCUT2D eigenvalue weighted by Gasteiger charge is 2.11. The zero-order valence-electron chi connectivity index (χ0n) is 14.2. The van der Waals surface area contributed by atoms with E-state index in [-0.39, 0.29) is 5.91 Å². The number of methoxy groups -OCH3 is 1. The van der Waals surface area contributed by atoms with Gasteiger partial charge in [0.25, 0.3) is 5.91 Å². The molecule has 2 aromatic heterocycles. The molecular weight excluding hydrogens is 336 g/mol. The number of thiazole rings is 1. The Morgan fingerprint density at radius 1 is 1.32 bits per heavy atom. The number of carbonyl (C=O) groups excluding carboxylic acids is 1. The van der Waals surface area contributed by atoms with Gasteiger partial charge in [-0.25, -0.2) is 10.4 Å². The Bertz CT molecular complexity index is 896. The van der Waals surface area contributed by atoms with Crippen molar-refractivity contribution in [1.82, 2.24) is 15.0 Å². The van der Waals surface area contributed by atoms with E-state index in [0.717, 1.165) is 22.1 Å². The van der Waals surface area contributed by atoms with Crippen LogP contribution in [0.1, 0.15) is 27.3 Å². The van der Waals surface area contributed by atoms with Crippen LogP contribution in [0.3, 0.4) is 0 Å². The first-order valence-corrected chi connectivity index (χ1v) is 8.54. The molecule has 0 radical (unpaired) electrons. The van der Waals surface area contributed by atoms with Crippen molar-refractivity contribution in [1.29, 1.82) is 0 Å². The van der Waals surface area contributed by atoms with Crippen molar-refractivity contribution < 1.29 is 9.53 Å². The molecule has 6 nitrogen and oxygen atoms in total. The van der Waals surface area contributed by atoms with Crippen molar-refractivity contribution in [3.05, 3.63) is 64.4 Å². The maximum Gasteiger partial charge on any atom is 0.271 e. The number of aryl methyl sites for hydroxylation is 1. The number of ether oxygens (including phenoxy) is 1. The number of nitrogens with zero attached hydrogens (tertiary/aromatic N) is 3. The molecule has 0 unspecified atom stereocenters. The Kier molecular flexibility index (Phi) is 4.95. The second kappa shape index (κ2) is 7.31. The minimum absolute atomic E-state index is 0.271. The van der Waals surface area contributed by atoms with E-state index in [1.807, 2.05) is 25.3 Å². The zero-order chi connectivity index (χ0) is 17.8. The largest absolute Gasteiger partial charge is 0.497 e. The molecule has 7 heteroatoms. The monoisotopic (exact) mass is 354 g/mol. The van der Waals surface area contributed by atoms with Gasteiger partial charge in [-0.3, -0.25) is 9.36 Å². The molecule has 0 spiro atoms. The van der Waals surface area contributed by atoms with Crippen molar-refractivity contribution in [3.63, 3.8) is 0 Å². The third kappa shape index (κ3) is 3.61. The predicted molar refractivity (Wildman–Crippen MR) is 99.0 cm³/mol. The molecule has 128 valence electrons. The summed E-state index contributed by atoms with van der Waals surface area (Å²) in [5.74, 6) is 0.433. The van der Waals surface area contributed by atoms with E-state index in [1.165, 1.54) is 0 Å². The zero-order valence-corrected chi connectivity index (χ0v) is 15.0. The van der Waals surface area contributed by atoms with Gasteiger partial charge >= 0.3 is 0 Å². The molecule has 0 aliphatic rings. The van der Waals surface area contributed by atoms with Crippen LogP contribution >= 0.6 is 11.3 Å². The van der Waals surface area contributed by atoms with Gasteiger partial charge in [0.05, 0.1) is 13.3 Å². The lowest BCUT2D eigenvalue weighted by molar-refractivity contribution is 0.0955. The molecule has 0 bridgehead atoms. The topological polar surface area (TPSA) is 68.5 Å². The highest BCUT2D eigenvalue weighted by Crippen LogP contribution is 2.21. The molecule has 0 atom stereocenters. The summed E-state index contributed by atoms with van der Waals surface area (Å²) in [4.78, 5) is 16.4. The number of hydrazone groups is 1. The summed E-state index contributed by atoms with van der Waals surface area (Å²) in [5.41, 5.74) is 6.08. The number of hydrogen-bond donors (Lipinski definition) is 1. The van der Waals surface area contributed by atoms with Crippen molar-refractivity contribution in [2.24, 2.45) is 5.10 Å². The Morgan fingerprint density at radius 2 is 2.08 bits per heavy atom. The highest BCUT2D eigenvalue weighted by atomic mass is 32.1. The summed E-state index contributed by atoms with van der Waals surface area (Å²) in [6, 6.07) is 8.87. The molecule has 1 aromatic carbocycles. The summed E-state index contributed by atoms with van der Waals surface area (Å²) in [6.45, 7) is 4.02. The lowest BCUT2D eigenvalue weighted by Gasteiger charge is -2.04. The van der Waals surface area contributed by atoms with Crippen LogP contribution in [0.2, 0.25) is 0 Å². The van der Waals surface area contributed by atoms with Crippen LogP contribution in [0.25, 0.3) is 5.13 Å². The van der Waals surface area contributed by atoms with Gasteiger partial charge in [0.1, 0.15) is 5.75 Å². The van der Waals surface area contributed by atoms with Gasteiger partial charge < -0.3 is 4.74 Å². The number of hydrogen-bond acceptors (Lipinski definition) is 5. The van der Waals surface area contributed by atoms with Crippen LogP contribution in [0.4, 0.5) is 0 Å². The van der Waals surface area contributed by atoms with Crippen LogP contribution in [0.5, 0.6) is 5.75 Å². The first kappa shape index (κ1) is 16.9. The van der Waals surface area contributed by atoms with E-state index >= 15 is 0 Å². The number of carbonyl (C=O) groups is 1. The summed E-state index contributed by atoms with van der Waals surface area (Å²) in [6.07, 6.45) is 3.43. The fraction of sp³-hybridized carbons (Fsp3) is 0.167. The van der Waals surface area contributed by atoms with E-state index in [9.17, 15) is 4.79 Å². The quantitative estimate of drug-likeness (QED) is 0.564. The molecule has 25 heavy (non-hydrogen) atoms. The lowest BCUT2D eigenvalue weighted by Crippen LogP contribution is -2.17. The maximum atomic E-state index is 12.1. The van der Waals surface area contributed by atoms with Gasteiger partial charge in [0, 0.05) is 34.1 Å². The minimum Gasteiger partial charge on any atom is -0.497 e. The first-order chi connectivity index (χ1) is 12.1. The Balaban J connectivity index is 1.72. The maximum absolute atomic E-state index is 12.1. The number of amides is 1. The highest BCUT2D eigenvalue weighted by molar-refractivity contribution is 7.12. The average molecular weight is 354 g/mol. The predicted octanol–water partition coefficient (Wildman–Crippen LogP) is 3.32. The van der Waals surface area contributed by atoms with E-state index in [1.54, 1.807) is 55.1 Å². The summed E-state index contributed by atoms with van der Waals surface area (Å²) in [5, 5.41) is 6.93. The molecule has 3 rings (SSSR count). The standard InChI is InChI=1S/C18H18N4O2S/c1-12-10-15(13(2)22(12)18-19-8-9-25-18)11-20-21-17(23)14-4-6-16(24-3)7-5-14/h4-11H,1-3H3,(H,21,23)/b20-11-. The molecule has 1 amide bonds. The Hall–Kier alpha value is -2.93. The van der Waals surface area contributed by atoms with Crippen molar-refractivity contribution >= 4 is 23.5 Å². The molecule has 1 N–H and O–H groups in total. The fourth-order valence-electron chi connectivity index (χ4n) is 2.51. The average Bonchev–Trinajstić information content (AvgIpc) is 3.23. The number of aromatic nitrogens is 2. The third-order valence-corrected chi connectivity index (χ3v) is 4.56. The SMILES string of the molecule is COc1ccc(C(=O)N/N=C\c2cc(C)n(-c3nccs3)c2C)cc1. The molecule has 0 aliphatic heterocycles. The van der Waals surface area contributed by atoms with E-state index in [2.05, 4.69) is 20.1 Å². The molecule has 2 heterocycles. The van der Waals surface area contributed by atoms with Crippen LogP contribution in [0, 0.1) is 13.8 Å². The second-order valence-corrected chi connectivity index (χ2v) is 6.28. The van der Waals surface area contributed by atoms with Crippen LogP contribution < -0.4 is 10.2 Å². The number of benzene rings is 1. The van der Waals surface area contributed by atoms with Gasteiger partial charge in [0.15, 0.2) is 5.13 Å². The molecule has 0 fully saturated rings. The first-order valence-electron chi connectivity index (χ1n) is 7.66. The third-order valence-electron chi connectivity index (χ3n) is 3.80. The van der Waals surface area contributed by atoms with Gasteiger partial charge in [-0.1, -0.05) is 0 Å². The number of rotatable bonds is 5. The summed E-state index contributed by atoms with van der Waals surface area (Å²) in [7, 11) is 1.58. The van der Waals surface area contributed by atoms with Gasteiger partial charge in [-0.2, -0.15) is 5.10 Å². The van der Waals surface area contributed by atoms with E-state index < -0.39 is 0 Å². The van der Waals surface area contributed by atoms with E-state index in [0.29, 0.717) is 11.3 Å². The smallest absolute Gasteiger partial charge is 0.271 e. The number of nitrogens with one attached hydrogen (secondary N) is 1. The van der Waals surface area contributed by atoms with Crippen molar-refractivity contribution in [2.45, 2.75) is 13.8 Å². The Labute approximate surface area is 149 Å². The summed E-state index contributed by atoms with van der Waals surface area (Å²) >= 11 is 1.57. The van der Waals surface area contributed by atoms with Crippen LogP contribution in [-0.2, 0) is 0 Å². The van der Waals surface area contributed by atoms with Crippen LogP contribution in [-0.4, -0.2) is 28.8 Å². The van der Waals surface area contributed by atoms with Gasteiger partial charge in [-0.05, 0) is 44.2 Å². The van der Waals surface area contributed by atoms with E-state index in [4.69, 9.17) is 4.74 Å². The van der Waals surface area contributed by atoms with Gasteiger partial charge in [0.2, 0.25) is 0 Å². The van der Waals surface area contributed by atoms with Crippen LogP contribution in [0.15, 0.2) is 47.0 Å². The minimum atomic E-state index is -0.271. The molecular formula is C18H18N4O2S. The molecule has 0 saturated carbocycles. The fourth-order valence-corrected chi connectivity index (χ4v) is 3.26. The lowest BCUT2D eigenvalue weighted by atomic mass is 10.2. The van der Waals surface area contributed by atoms with Gasteiger partial charge in [-0.15, -0.1) is 11.3 Å². The summed E-state index contributed by atoms with van der Waals surface area (Å²) < 4.78 is 7.14. The molecule has 0 saturated heterocycles. The second-order valence-electron chi connectivity index (χ2n) is 5.40. The van der Waals surface area contributed by atoms with Crippen molar-refractivity contribution in [3.8, 4) is 10.9 Å². The molecule has 3 aromatic rings.